The van der Waals surface area contributed by atoms with E-state index in [0.717, 1.165) is 24.8 Å². The molecule has 1 saturated heterocycles. The average Bonchev–Trinajstić information content (AvgIpc) is 2.70. The third-order valence-corrected chi connectivity index (χ3v) is 6.24. The molecule has 31 heavy (non-hydrogen) atoms. The molecule has 0 unspecified atom stereocenters. The van der Waals surface area contributed by atoms with Gasteiger partial charge >= 0.3 is 6.09 Å². The van der Waals surface area contributed by atoms with Crippen LogP contribution in [0.3, 0.4) is 0 Å². The van der Waals surface area contributed by atoms with Gasteiger partial charge in [-0.2, -0.15) is 0 Å². The fourth-order valence-corrected chi connectivity index (χ4v) is 4.53. The van der Waals surface area contributed by atoms with E-state index in [2.05, 4.69) is 39.7 Å². The SMILES string of the molecule is C[C@@H]1CN(C(=O)CNC(=O)OC(C)(C)C)CCCCN1Sc1ccc2cnccc2c1. The molecule has 168 valence electrons. The van der Waals surface area contributed by atoms with Gasteiger partial charge in [0.1, 0.15) is 12.1 Å². The van der Waals surface area contributed by atoms with E-state index in [0.29, 0.717) is 13.1 Å². The van der Waals surface area contributed by atoms with E-state index in [4.69, 9.17) is 4.74 Å². The zero-order chi connectivity index (χ0) is 22.4. The summed E-state index contributed by atoms with van der Waals surface area (Å²) in [7, 11) is 0. The minimum Gasteiger partial charge on any atom is -0.444 e. The Morgan fingerprint density at radius 3 is 2.74 bits per heavy atom. The number of hydrogen-bond acceptors (Lipinski definition) is 6. The van der Waals surface area contributed by atoms with Crippen LogP contribution in [0.15, 0.2) is 41.6 Å². The minimum atomic E-state index is -0.584. The van der Waals surface area contributed by atoms with Crippen molar-refractivity contribution < 1.29 is 14.3 Å². The van der Waals surface area contributed by atoms with Crippen LogP contribution in [-0.2, 0) is 9.53 Å². The second kappa shape index (κ2) is 10.3. The Balaban J connectivity index is 1.58. The van der Waals surface area contributed by atoms with E-state index in [1.54, 1.807) is 32.7 Å². The Hall–Kier alpha value is -2.32. The molecule has 1 aliphatic rings. The molecule has 1 aliphatic heterocycles. The Labute approximate surface area is 188 Å². The van der Waals surface area contributed by atoms with E-state index >= 15 is 0 Å². The first-order chi connectivity index (χ1) is 14.7. The lowest BCUT2D eigenvalue weighted by molar-refractivity contribution is -0.131. The van der Waals surface area contributed by atoms with Crippen molar-refractivity contribution in [3.05, 3.63) is 36.7 Å². The summed E-state index contributed by atoms with van der Waals surface area (Å²) in [4.78, 5) is 31.8. The predicted molar refractivity (Wildman–Crippen MR) is 124 cm³/mol. The molecule has 0 aliphatic carbocycles. The van der Waals surface area contributed by atoms with Gasteiger partial charge in [-0.25, -0.2) is 9.10 Å². The highest BCUT2D eigenvalue weighted by Gasteiger charge is 2.25. The Morgan fingerprint density at radius 1 is 1.19 bits per heavy atom. The molecule has 3 rings (SSSR count). The summed E-state index contributed by atoms with van der Waals surface area (Å²) < 4.78 is 7.57. The first kappa shape index (κ1) is 23.3. The molecule has 0 bridgehead atoms. The van der Waals surface area contributed by atoms with Crippen LogP contribution in [0.4, 0.5) is 4.79 Å². The largest absolute Gasteiger partial charge is 0.444 e. The van der Waals surface area contributed by atoms with Crippen LogP contribution in [0.2, 0.25) is 0 Å². The van der Waals surface area contributed by atoms with Crippen LogP contribution in [0, 0.1) is 0 Å². The van der Waals surface area contributed by atoms with Crippen LogP contribution in [0.5, 0.6) is 0 Å². The first-order valence-corrected chi connectivity index (χ1v) is 11.5. The van der Waals surface area contributed by atoms with Crippen LogP contribution in [0.25, 0.3) is 10.8 Å². The van der Waals surface area contributed by atoms with E-state index in [1.807, 2.05) is 23.4 Å². The molecule has 0 radical (unpaired) electrons. The molecule has 0 spiro atoms. The molecule has 2 aromatic rings. The van der Waals surface area contributed by atoms with Gasteiger partial charge in [0.05, 0.1) is 0 Å². The smallest absolute Gasteiger partial charge is 0.408 e. The molecule has 2 amide bonds. The predicted octanol–water partition coefficient (Wildman–Crippen LogP) is 4.08. The van der Waals surface area contributed by atoms with Crippen LogP contribution < -0.4 is 5.32 Å². The third kappa shape index (κ3) is 7.11. The maximum atomic E-state index is 12.7. The standard InChI is InChI=1S/C23H32N4O3S/c1-17-16-26(21(28)15-25-22(29)30-23(2,3)4)11-5-6-12-27(17)31-20-8-7-19-14-24-10-9-18(19)13-20/h7-10,13-14,17H,5-6,11-12,15-16H2,1-4H3,(H,25,29)/t17-/m1/s1. The third-order valence-electron chi connectivity index (χ3n) is 5.00. The van der Waals surface area contributed by atoms with Gasteiger partial charge in [0.2, 0.25) is 5.91 Å². The number of nitrogens with one attached hydrogen (secondary N) is 1. The van der Waals surface area contributed by atoms with Crippen molar-refractivity contribution in [3.8, 4) is 0 Å². The number of carbonyl (C=O) groups is 2. The molecule has 1 aromatic heterocycles. The molecule has 7 nitrogen and oxygen atoms in total. The Morgan fingerprint density at radius 2 is 1.97 bits per heavy atom. The topological polar surface area (TPSA) is 74.8 Å². The number of fused-ring (bicyclic) bond motifs is 1. The van der Waals surface area contributed by atoms with Gasteiger partial charge in [-0.1, -0.05) is 6.07 Å². The van der Waals surface area contributed by atoms with E-state index in [9.17, 15) is 9.59 Å². The highest BCUT2D eigenvalue weighted by Crippen LogP contribution is 2.29. The highest BCUT2D eigenvalue weighted by molar-refractivity contribution is 7.97. The van der Waals surface area contributed by atoms with Crippen molar-refractivity contribution in [2.45, 2.75) is 57.1 Å². The maximum Gasteiger partial charge on any atom is 0.408 e. The number of nitrogens with zero attached hydrogens (tertiary/aromatic N) is 3. The summed E-state index contributed by atoms with van der Waals surface area (Å²) in [5, 5.41) is 4.88. The van der Waals surface area contributed by atoms with Crippen molar-refractivity contribution in [2.24, 2.45) is 0 Å². The monoisotopic (exact) mass is 444 g/mol. The van der Waals surface area contributed by atoms with E-state index < -0.39 is 11.7 Å². The maximum absolute atomic E-state index is 12.7. The van der Waals surface area contributed by atoms with Crippen molar-refractivity contribution in [1.82, 2.24) is 19.5 Å². The summed E-state index contributed by atoms with van der Waals surface area (Å²) in [6.45, 7) is 9.80. The second-order valence-electron chi connectivity index (χ2n) is 8.87. The van der Waals surface area contributed by atoms with Crippen molar-refractivity contribution in [3.63, 3.8) is 0 Å². The molecule has 1 fully saturated rings. The molecular weight excluding hydrogens is 412 g/mol. The van der Waals surface area contributed by atoms with Crippen LogP contribution in [-0.4, -0.2) is 64.0 Å². The molecule has 1 aromatic carbocycles. The zero-order valence-electron chi connectivity index (χ0n) is 18.8. The number of aromatic nitrogens is 1. The van der Waals surface area contributed by atoms with Gasteiger partial charge in [0, 0.05) is 48.4 Å². The summed E-state index contributed by atoms with van der Waals surface area (Å²) in [5.41, 5.74) is -0.584. The number of alkyl carbamates (subject to hydrolysis) is 1. The van der Waals surface area contributed by atoms with Crippen molar-refractivity contribution >= 4 is 34.7 Å². The minimum absolute atomic E-state index is 0.0481. The number of amides is 2. The van der Waals surface area contributed by atoms with E-state index in [-0.39, 0.29) is 18.5 Å². The highest BCUT2D eigenvalue weighted by atomic mass is 32.2. The summed E-state index contributed by atoms with van der Waals surface area (Å²) in [6.07, 6.45) is 5.06. The van der Waals surface area contributed by atoms with Gasteiger partial charge in [-0.3, -0.25) is 9.78 Å². The zero-order valence-corrected chi connectivity index (χ0v) is 19.6. The van der Waals surface area contributed by atoms with Crippen molar-refractivity contribution in [2.75, 3.05) is 26.2 Å². The Kier molecular flexibility index (Phi) is 7.78. The van der Waals surface area contributed by atoms with Crippen LogP contribution in [0.1, 0.15) is 40.5 Å². The lowest BCUT2D eigenvalue weighted by Gasteiger charge is -2.35. The fourth-order valence-electron chi connectivity index (χ4n) is 3.48. The molecule has 1 N–H and O–H groups in total. The number of hydrogen-bond donors (Lipinski definition) is 1. The lowest BCUT2D eigenvalue weighted by Crippen LogP contribution is -2.48. The first-order valence-electron chi connectivity index (χ1n) is 10.7. The number of ether oxygens (including phenoxy) is 1. The average molecular weight is 445 g/mol. The van der Waals surface area contributed by atoms with Crippen LogP contribution >= 0.6 is 11.9 Å². The summed E-state index contributed by atoms with van der Waals surface area (Å²) >= 11 is 1.73. The number of carbonyl (C=O) groups excluding carboxylic acids is 2. The summed E-state index contributed by atoms with van der Waals surface area (Å²) in [5.74, 6) is -0.0808. The lowest BCUT2D eigenvalue weighted by atomic mass is 10.2. The fraction of sp³-hybridized carbons (Fsp3) is 0.522. The molecule has 1 atom stereocenters. The summed E-state index contributed by atoms with van der Waals surface area (Å²) in [6, 6.07) is 8.60. The molecule has 0 saturated carbocycles. The number of benzene rings is 1. The molecule has 8 heteroatoms. The van der Waals surface area contributed by atoms with Crippen molar-refractivity contribution in [1.29, 1.82) is 0 Å². The van der Waals surface area contributed by atoms with E-state index in [1.165, 1.54) is 10.3 Å². The van der Waals surface area contributed by atoms with Gasteiger partial charge in [-0.05, 0) is 76.1 Å². The quantitative estimate of drug-likeness (QED) is 0.717. The Bertz CT molecular complexity index is 915. The second-order valence-corrected chi connectivity index (χ2v) is 9.99. The van der Waals surface area contributed by atoms with Gasteiger partial charge in [0.15, 0.2) is 0 Å². The number of pyridine rings is 1. The normalized spacial score (nSPS) is 18.3. The van der Waals surface area contributed by atoms with Gasteiger partial charge in [-0.15, -0.1) is 0 Å². The number of rotatable bonds is 4. The van der Waals surface area contributed by atoms with Gasteiger partial charge in [0.25, 0.3) is 0 Å². The molecule has 2 heterocycles. The molecular formula is C23H32N4O3S. The van der Waals surface area contributed by atoms with Gasteiger partial charge < -0.3 is 15.0 Å².